The molecule has 1 heterocycles. The number of benzene rings is 1. The van der Waals surface area contributed by atoms with E-state index in [1.54, 1.807) is 0 Å². The molecule has 0 bridgehead atoms. The maximum absolute atomic E-state index is 13.0. The summed E-state index contributed by atoms with van der Waals surface area (Å²) in [5.74, 6) is -0.380. The molecule has 0 aromatic heterocycles. The highest BCUT2D eigenvalue weighted by atomic mass is 32.2. The lowest BCUT2D eigenvalue weighted by Crippen LogP contribution is -2.32. The molecule has 0 amide bonds. The van der Waals surface area contributed by atoms with Crippen LogP contribution in [0.2, 0.25) is 0 Å². The number of sulfonamides is 1. The number of hydrogen-bond acceptors (Lipinski definition) is 6. The Hall–Kier alpha value is -1.52. The Balaban J connectivity index is 2.49. The van der Waals surface area contributed by atoms with Crippen LogP contribution < -0.4 is 0 Å². The standard InChI is InChI=1S/C14H20N2O6S2/c1-3-6-11-9-15(23(2,19)20)10-14(11)24(21,22)13-8-5-4-7-12(13)16(17)18/h4-5,7-8,11,14H,3,6,9-10H2,1-2H3/t11-,14?/m1/s1. The summed E-state index contributed by atoms with van der Waals surface area (Å²) in [5, 5.41) is 10.2. The average molecular weight is 376 g/mol. The van der Waals surface area contributed by atoms with E-state index in [1.165, 1.54) is 18.2 Å². The molecule has 1 aliphatic rings. The van der Waals surface area contributed by atoms with Crippen molar-refractivity contribution in [3.63, 3.8) is 0 Å². The summed E-state index contributed by atoms with van der Waals surface area (Å²) in [5.41, 5.74) is -0.481. The Labute approximate surface area is 141 Å². The first kappa shape index (κ1) is 18.8. The first-order valence-electron chi connectivity index (χ1n) is 7.51. The van der Waals surface area contributed by atoms with Crippen molar-refractivity contribution in [2.75, 3.05) is 19.3 Å². The fourth-order valence-corrected chi connectivity index (χ4v) is 6.21. The van der Waals surface area contributed by atoms with Gasteiger partial charge >= 0.3 is 0 Å². The van der Waals surface area contributed by atoms with Gasteiger partial charge in [-0.1, -0.05) is 25.5 Å². The van der Waals surface area contributed by atoms with Crippen molar-refractivity contribution in [1.82, 2.24) is 4.31 Å². The highest BCUT2D eigenvalue weighted by Gasteiger charge is 2.45. The molecule has 10 heteroatoms. The predicted octanol–water partition coefficient (Wildman–Crippen LogP) is 1.43. The maximum atomic E-state index is 13.0. The molecule has 134 valence electrons. The summed E-state index contributed by atoms with van der Waals surface area (Å²) >= 11 is 0. The van der Waals surface area contributed by atoms with E-state index in [0.717, 1.165) is 16.6 Å². The van der Waals surface area contributed by atoms with E-state index < -0.39 is 35.7 Å². The Kier molecular flexibility index (Phi) is 5.31. The van der Waals surface area contributed by atoms with Crippen LogP contribution in [-0.4, -0.2) is 50.7 Å². The Morgan fingerprint density at radius 1 is 1.21 bits per heavy atom. The van der Waals surface area contributed by atoms with Crippen molar-refractivity contribution in [2.45, 2.75) is 29.9 Å². The highest BCUT2D eigenvalue weighted by molar-refractivity contribution is 7.92. The van der Waals surface area contributed by atoms with Crippen LogP contribution in [0, 0.1) is 16.0 Å². The molecule has 8 nitrogen and oxygen atoms in total. The van der Waals surface area contributed by atoms with Crippen LogP contribution >= 0.6 is 0 Å². The van der Waals surface area contributed by atoms with Gasteiger partial charge in [-0.15, -0.1) is 0 Å². The van der Waals surface area contributed by atoms with Crippen LogP contribution in [0.15, 0.2) is 29.2 Å². The maximum Gasteiger partial charge on any atom is 0.287 e. The van der Waals surface area contributed by atoms with Crippen molar-refractivity contribution in [3.8, 4) is 0 Å². The topological polar surface area (TPSA) is 115 Å². The van der Waals surface area contributed by atoms with Gasteiger partial charge in [-0.05, 0) is 18.4 Å². The largest absolute Gasteiger partial charge is 0.287 e. The van der Waals surface area contributed by atoms with E-state index in [0.29, 0.717) is 12.8 Å². The second-order valence-electron chi connectivity index (χ2n) is 5.94. The molecule has 1 unspecified atom stereocenters. The summed E-state index contributed by atoms with van der Waals surface area (Å²) in [4.78, 5) is 10.1. The lowest BCUT2D eigenvalue weighted by molar-refractivity contribution is -0.387. The van der Waals surface area contributed by atoms with Gasteiger partial charge in [0.25, 0.3) is 5.69 Å². The first-order chi connectivity index (χ1) is 11.1. The van der Waals surface area contributed by atoms with E-state index in [2.05, 4.69) is 0 Å². The second-order valence-corrected chi connectivity index (χ2v) is 10.1. The second kappa shape index (κ2) is 6.77. The van der Waals surface area contributed by atoms with Crippen LogP contribution in [0.3, 0.4) is 0 Å². The molecule has 2 atom stereocenters. The van der Waals surface area contributed by atoms with Gasteiger partial charge in [0.15, 0.2) is 9.84 Å². The van der Waals surface area contributed by atoms with Crippen LogP contribution in [-0.2, 0) is 19.9 Å². The van der Waals surface area contributed by atoms with Gasteiger partial charge in [-0.2, -0.15) is 0 Å². The van der Waals surface area contributed by atoms with Crippen molar-refractivity contribution in [2.24, 2.45) is 5.92 Å². The SMILES string of the molecule is CCC[C@@H]1CN(S(C)(=O)=O)CC1S(=O)(=O)c1ccccc1[N+](=O)[O-]. The third-order valence-electron chi connectivity index (χ3n) is 4.24. The van der Waals surface area contributed by atoms with Gasteiger partial charge in [0.05, 0.1) is 16.4 Å². The van der Waals surface area contributed by atoms with Crippen molar-refractivity contribution < 1.29 is 21.8 Å². The zero-order valence-corrected chi connectivity index (χ0v) is 15.1. The number of nitro groups is 1. The molecule has 0 aliphatic carbocycles. The Morgan fingerprint density at radius 2 is 1.83 bits per heavy atom. The molecule has 0 radical (unpaired) electrons. The van der Waals surface area contributed by atoms with E-state index in [4.69, 9.17) is 0 Å². The van der Waals surface area contributed by atoms with Crippen LogP contribution in [0.4, 0.5) is 5.69 Å². The van der Waals surface area contributed by atoms with Crippen molar-refractivity contribution in [1.29, 1.82) is 0 Å². The van der Waals surface area contributed by atoms with Gasteiger partial charge in [0.1, 0.15) is 4.90 Å². The summed E-state index contributed by atoms with van der Waals surface area (Å²) in [6, 6.07) is 5.18. The van der Waals surface area contributed by atoms with E-state index >= 15 is 0 Å². The lowest BCUT2D eigenvalue weighted by Gasteiger charge is -2.18. The molecule has 24 heavy (non-hydrogen) atoms. The zero-order chi connectivity index (χ0) is 18.1. The Bertz CT molecular complexity index is 835. The number of hydrogen-bond donors (Lipinski definition) is 0. The number of nitrogens with zero attached hydrogens (tertiary/aromatic N) is 2. The molecule has 2 rings (SSSR count). The number of nitro benzene ring substituents is 1. The van der Waals surface area contributed by atoms with E-state index in [-0.39, 0.29) is 23.9 Å². The van der Waals surface area contributed by atoms with E-state index in [1.807, 2.05) is 6.92 Å². The minimum atomic E-state index is -4.03. The molecule has 1 aliphatic heterocycles. The van der Waals surface area contributed by atoms with Crippen molar-refractivity contribution in [3.05, 3.63) is 34.4 Å². The van der Waals surface area contributed by atoms with E-state index in [9.17, 15) is 26.9 Å². The van der Waals surface area contributed by atoms with Gasteiger partial charge in [-0.3, -0.25) is 10.1 Å². The fraction of sp³-hybridized carbons (Fsp3) is 0.571. The monoisotopic (exact) mass is 376 g/mol. The third kappa shape index (κ3) is 3.60. The zero-order valence-electron chi connectivity index (χ0n) is 13.5. The summed E-state index contributed by atoms with van der Waals surface area (Å²) in [7, 11) is -7.55. The normalized spacial score (nSPS) is 22.6. The van der Waals surface area contributed by atoms with Gasteiger partial charge in [0.2, 0.25) is 10.0 Å². The molecule has 0 N–H and O–H groups in total. The number of sulfone groups is 1. The van der Waals surface area contributed by atoms with Gasteiger partial charge in [0, 0.05) is 19.2 Å². The smallest absolute Gasteiger partial charge is 0.258 e. The molecule has 1 aromatic rings. The van der Waals surface area contributed by atoms with Gasteiger partial charge in [-0.25, -0.2) is 21.1 Å². The molecular formula is C14H20N2O6S2. The summed E-state index contributed by atoms with van der Waals surface area (Å²) in [6.07, 6.45) is 2.28. The summed E-state index contributed by atoms with van der Waals surface area (Å²) < 4.78 is 50.7. The highest BCUT2D eigenvalue weighted by Crippen LogP contribution is 2.35. The van der Waals surface area contributed by atoms with Gasteiger partial charge < -0.3 is 0 Å². The molecule has 0 spiro atoms. The molecule has 0 saturated carbocycles. The number of rotatable bonds is 6. The number of para-hydroxylation sites is 1. The molecule has 1 fully saturated rings. The van der Waals surface area contributed by atoms with Crippen molar-refractivity contribution >= 4 is 25.5 Å². The lowest BCUT2D eigenvalue weighted by atomic mass is 10.0. The predicted molar refractivity (Wildman–Crippen MR) is 88.9 cm³/mol. The third-order valence-corrected chi connectivity index (χ3v) is 7.77. The Morgan fingerprint density at radius 3 is 2.38 bits per heavy atom. The first-order valence-corrected chi connectivity index (χ1v) is 10.9. The average Bonchev–Trinajstić information content (AvgIpc) is 2.92. The minimum Gasteiger partial charge on any atom is -0.258 e. The van der Waals surface area contributed by atoms with Crippen LogP contribution in [0.1, 0.15) is 19.8 Å². The quantitative estimate of drug-likeness (QED) is 0.548. The minimum absolute atomic E-state index is 0.122. The molecule has 1 aromatic carbocycles. The summed E-state index contributed by atoms with van der Waals surface area (Å²) in [6.45, 7) is 1.84. The molecular weight excluding hydrogens is 356 g/mol. The van der Waals surface area contributed by atoms with Crippen LogP contribution in [0.25, 0.3) is 0 Å². The molecule has 1 saturated heterocycles. The van der Waals surface area contributed by atoms with Crippen LogP contribution in [0.5, 0.6) is 0 Å². The fourth-order valence-electron chi connectivity index (χ4n) is 3.09.